The number of aryl methyl sites for hydroxylation is 1. The molecule has 3 heteroatoms. The second-order valence-corrected chi connectivity index (χ2v) is 6.84. The summed E-state index contributed by atoms with van der Waals surface area (Å²) in [5.41, 5.74) is 8.85. The molecule has 2 rings (SSSR count). The van der Waals surface area contributed by atoms with Gasteiger partial charge in [-0.1, -0.05) is 36.8 Å². The van der Waals surface area contributed by atoms with Gasteiger partial charge < -0.3 is 10.6 Å². The number of benzene rings is 1. The fourth-order valence-corrected chi connectivity index (χ4v) is 3.56. The summed E-state index contributed by atoms with van der Waals surface area (Å²) in [6.07, 6.45) is 1.06. The largest absolute Gasteiger partial charge is 0.324 e. The maximum absolute atomic E-state index is 6.28. The summed E-state index contributed by atoms with van der Waals surface area (Å²) in [5, 5.41) is 0.772. The normalized spacial score (nSPS) is 22.9. The Kier molecular flexibility index (Phi) is 5.10. The van der Waals surface area contributed by atoms with E-state index in [1.165, 1.54) is 30.0 Å². The minimum absolute atomic E-state index is 0.176. The first-order valence-electron chi connectivity index (χ1n) is 6.81. The molecule has 1 aliphatic heterocycles. The van der Waals surface area contributed by atoms with Crippen LogP contribution < -0.4 is 5.73 Å². The Morgan fingerprint density at radius 2 is 2.33 bits per heavy atom. The molecule has 1 aromatic carbocycles. The van der Waals surface area contributed by atoms with Gasteiger partial charge in [-0.2, -0.15) is 11.8 Å². The molecule has 1 heterocycles. The summed E-state index contributed by atoms with van der Waals surface area (Å²) in [4.78, 5) is 2.55. The van der Waals surface area contributed by atoms with Crippen LogP contribution in [0.4, 0.5) is 0 Å². The molecule has 2 nitrogen and oxygen atoms in total. The van der Waals surface area contributed by atoms with Crippen LogP contribution in [0.15, 0.2) is 24.3 Å². The third-order valence-corrected chi connectivity index (χ3v) is 4.69. The lowest BCUT2D eigenvalue weighted by atomic mass is 10.0. The predicted octanol–water partition coefficient (Wildman–Crippen LogP) is 2.82. The van der Waals surface area contributed by atoms with Crippen LogP contribution in [0.2, 0.25) is 0 Å². The van der Waals surface area contributed by atoms with E-state index in [0.29, 0.717) is 0 Å². The highest BCUT2D eigenvalue weighted by molar-refractivity contribution is 7.99. The molecule has 100 valence electrons. The Hall–Kier alpha value is -0.510. The van der Waals surface area contributed by atoms with E-state index in [2.05, 4.69) is 54.8 Å². The van der Waals surface area contributed by atoms with Gasteiger partial charge in [0.1, 0.15) is 0 Å². The highest BCUT2D eigenvalue weighted by Gasteiger charge is 2.17. The van der Waals surface area contributed by atoms with Crippen LogP contribution in [-0.4, -0.2) is 35.5 Å². The van der Waals surface area contributed by atoms with Crippen molar-refractivity contribution in [2.75, 3.05) is 25.4 Å². The molecular formula is C15H24N2S. The fourth-order valence-electron chi connectivity index (χ4n) is 2.48. The molecule has 0 aromatic heterocycles. The number of nitrogens with zero attached hydrogens (tertiary/aromatic N) is 1. The van der Waals surface area contributed by atoms with Gasteiger partial charge in [0.25, 0.3) is 0 Å². The molecule has 1 aromatic rings. The second-order valence-electron chi connectivity index (χ2n) is 5.29. The molecule has 0 spiro atoms. The van der Waals surface area contributed by atoms with Gasteiger partial charge in [0, 0.05) is 36.7 Å². The van der Waals surface area contributed by atoms with Gasteiger partial charge >= 0.3 is 0 Å². The van der Waals surface area contributed by atoms with Gasteiger partial charge in [-0.3, -0.25) is 0 Å². The lowest BCUT2D eigenvalue weighted by Gasteiger charge is -2.31. The standard InChI is InChI=1S/C15H24N2S/c1-12-4-3-5-14(10-12)15(16)6-7-17-8-9-18-13(2)11-17/h3-5,10,13,15H,6-9,11,16H2,1-2H3. The molecule has 2 atom stereocenters. The maximum Gasteiger partial charge on any atom is 0.0307 e. The van der Waals surface area contributed by atoms with E-state index < -0.39 is 0 Å². The minimum Gasteiger partial charge on any atom is -0.324 e. The van der Waals surface area contributed by atoms with Gasteiger partial charge in [-0.05, 0) is 18.9 Å². The second kappa shape index (κ2) is 6.60. The van der Waals surface area contributed by atoms with E-state index in [0.717, 1.165) is 18.2 Å². The van der Waals surface area contributed by atoms with E-state index in [4.69, 9.17) is 5.73 Å². The van der Waals surface area contributed by atoms with Crippen molar-refractivity contribution in [3.05, 3.63) is 35.4 Å². The van der Waals surface area contributed by atoms with Crippen molar-refractivity contribution in [1.82, 2.24) is 4.90 Å². The Labute approximate surface area is 115 Å². The molecule has 0 bridgehead atoms. The smallest absolute Gasteiger partial charge is 0.0307 e. The quantitative estimate of drug-likeness (QED) is 0.907. The monoisotopic (exact) mass is 264 g/mol. The molecule has 1 aliphatic rings. The summed E-state index contributed by atoms with van der Waals surface area (Å²) in [6.45, 7) is 8.00. The summed E-state index contributed by atoms with van der Waals surface area (Å²) in [6, 6.07) is 8.75. The minimum atomic E-state index is 0.176. The van der Waals surface area contributed by atoms with Crippen LogP contribution in [0.5, 0.6) is 0 Å². The average Bonchev–Trinajstić information content (AvgIpc) is 2.36. The lowest BCUT2D eigenvalue weighted by molar-refractivity contribution is 0.275. The Morgan fingerprint density at radius 3 is 3.06 bits per heavy atom. The molecule has 0 radical (unpaired) electrons. The number of nitrogens with two attached hydrogens (primary N) is 1. The Morgan fingerprint density at radius 1 is 1.50 bits per heavy atom. The van der Waals surface area contributed by atoms with Gasteiger partial charge in [0.05, 0.1) is 0 Å². The van der Waals surface area contributed by atoms with Crippen molar-refractivity contribution in [2.45, 2.75) is 31.6 Å². The van der Waals surface area contributed by atoms with Gasteiger partial charge in [-0.25, -0.2) is 0 Å². The molecular weight excluding hydrogens is 240 g/mol. The highest BCUT2D eigenvalue weighted by Crippen LogP contribution is 2.20. The van der Waals surface area contributed by atoms with E-state index >= 15 is 0 Å². The van der Waals surface area contributed by atoms with Crippen molar-refractivity contribution in [3.8, 4) is 0 Å². The molecule has 0 amide bonds. The van der Waals surface area contributed by atoms with E-state index in [9.17, 15) is 0 Å². The Balaban J connectivity index is 1.82. The SMILES string of the molecule is Cc1cccc(C(N)CCN2CCSC(C)C2)c1. The third-order valence-electron chi connectivity index (χ3n) is 3.55. The molecule has 1 saturated heterocycles. The van der Waals surface area contributed by atoms with Crippen LogP contribution in [0.25, 0.3) is 0 Å². The number of rotatable bonds is 4. The van der Waals surface area contributed by atoms with Gasteiger partial charge in [-0.15, -0.1) is 0 Å². The lowest BCUT2D eigenvalue weighted by Crippen LogP contribution is -2.38. The summed E-state index contributed by atoms with van der Waals surface area (Å²) in [5.74, 6) is 1.26. The molecule has 18 heavy (non-hydrogen) atoms. The van der Waals surface area contributed by atoms with Crippen molar-refractivity contribution in [2.24, 2.45) is 5.73 Å². The summed E-state index contributed by atoms with van der Waals surface area (Å²) >= 11 is 2.08. The summed E-state index contributed by atoms with van der Waals surface area (Å²) in [7, 11) is 0. The Bertz CT molecular complexity index is 381. The number of hydrogen-bond donors (Lipinski definition) is 1. The molecule has 2 unspecified atom stereocenters. The zero-order valence-electron chi connectivity index (χ0n) is 11.4. The molecule has 1 fully saturated rings. The van der Waals surface area contributed by atoms with Crippen LogP contribution >= 0.6 is 11.8 Å². The predicted molar refractivity (Wildman–Crippen MR) is 81.1 cm³/mol. The molecule has 0 saturated carbocycles. The van der Waals surface area contributed by atoms with Crippen molar-refractivity contribution in [1.29, 1.82) is 0 Å². The molecule has 0 aliphatic carbocycles. The highest BCUT2D eigenvalue weighted by atomic mass is 32.2. The third kappa shape index (κ3) is 4.01. The van der Waals surface area contributed by atoms with Crippen LogP contribution in [0.3, 0.4) is 0 Å². The zero-order chi connectivity index (χ0) is 13.0. The maximum atomic E-state index is 6.28. The van der Waals surface area contributed by atoms with Crippen LogP contribution in [-0.2, 0) is 0 Å². The van der Waals surface area contributed by atoms with Crippen LogP contribution in [0.1, 0.15) is 30.5 Å². The molecule has 2 N–H and O–H groups in total. The van der Waals surface area contributed by atoms with E-state index in [1.54, 1.807) is 0 Å². The van der Waals surface area contributed by atoms with Gasteiger partial charge in [0.15, 0.2) is 0 Å². The van der Waals surface area contributed by atoms with E-state index in [1.807, 2.05) is 0 Å². The first kappa shape index (κ1) is 13.9. The van der Waals surface area contributed by atoms with Crippen LogP contribution in [0, 0.1) is 6.92 Å². The van der Waals surface area contributed by atoms with Crippen molar-refractivity contribution in [3.63, 3.8) is 0 Å². The number of thioether (sulfide) groups is 1. The zero-order valence-corrected chi connectivity index (χ0v) is 12.2. The fraction of sp³-hybridized carbons (Fsp3) is 0.600. The first-order valence-corrected chi connectivity index (χ1v) is 7.86. The van der Waals surface area contributed by atoms with Gasteiger partial charge in [0.2, 0.25) is 0 Å². The topological polar surface area (TPSA) is 29.3 Å². The first-order chi connectivity index (χ1) is 8.65. The van der Waals surface area contributed by atoms with E-state index in [-0.39, 0.29) is 6.04 Å². The van der Waals surface area contributed by atoms with Crippen molar-refractivity contribution >= 4 is 11.8 Å². The average molecular weight is 264 g/mol. The summed E-state index contributed by atoms with van der Waals surface area (Å²) < 4.78 is 0. The number of hydrogen-bond acceptors (Lipinski definition) is 3. The van der Waals surface area contributed by atoms with Crippen molar-refractivity contribution < 1.29 is 0 Å².